The van der Waals surface area contributed by atoms with Crippen LogP contribution in [0, 0.1) is 11.8 Å². The zero-order chi connectivity index (χ0) is 47.3. The van der Waals surface area contributed by atoms with Crippen LogP contribution in [0.4, 0.5) is 0 Å². The molecule has 65 heavy (non-hydrogen) atoms. The molecule has 4 aliphatic rings. The molecule has 13 atom stereocenters. The Bertz CT molecular complexity index is 1830. The fraction of sp³-hybridized carbons (Fsp3) is 0.625. The summed E-state index contributed by atoms with van der Waals surface area (Å²) < 4.78 is 69.7. The second-order valence-electron chi connectivity index (χ2n) is 17.6. The van der Waals surface area contributed by atoms with E-state index >= 15 is 0 Å². The average molecular weight is 939 g/mol. The lowest BCUT2D eigenvalue weighted by Crippen LogP contribution is -2.38. The van der Waals surface area contributed by atoms with Crippen LogP contribution in [0.15, 0.2) is 78.9 Å². The molecular formula is C48H70B2O13P2. The fourth-order valence-corrected chi connectivity index (χ4v) is 10.8. The van der Waals surface area contributed by atoms with Crippen LogP contribution in [-0.4, -0.2) is 147 Å². The van der Waals surface area contributed by atoms with Crippen molar-refractivity contribution < 1.29 is 61.5 Å². The van der Waals surface area contributed by atoms with Gasteiger partial charge in [-0.25, -0.2) is 0 Å². The van der Waals surface area contributed by atoms with Crippen LogP contribution in [-0.2, 0) is 47.4 Å². The highest BCUT2D eigenvalue weighted by atomic mass is 31.2. The van der Waals surface area contributed by atoms with Crippen LogP contribution >= 0.6 is 15.7 Å². The molecule has 3 aromatic rings. The second kappa shape index (κ2) is 25.3. The first-order valence-electron chi connectivity index (χ1n) is 22.6. The zero-order valence-electron chi connectivity index (χ0n) is 39.5. The molecule has 0 saturated carbocycles. The third kappa shape index (κ3) is 15.1. The van der Waals surface area contributed by atoms with Crippen LogP contribution in [0.2, 0.25) is 0 Å². The van der Waals surface area contributed by atoms with Crippen molar-refractivity contribution in [2.75, 3.05) is 60.6 Å². The van der Waals surface area contributed by atoms with Gasteiger partial charge in [0.1, 0.15) is 45.0 Å². The number of hydrogen-bond acceptors (Lipinski definition) is 13. The van der Waals surface area contributed by atoms with Gasteiger partial charge in [0.25, 0.3) is 0 Å². The van der Waals surface area contributed by atoms with E-state index < -0.39 is 39.6 Å². The number of hydrogen-bond donors (Lipinski definition) is 2. The van der Waals surface area contributed by atoms with Gasteiger partial charge in [0.2, 0.25) is 0 Å². The summed E-state index contributed by atoms with van der Waals surface area (Å²) in [6, 6.07) is 25.3. The predicted octanol–water partition coefficient (Wildman–Crippen LogP) is 7.43. The van der Waals surface area contributed by atoms with E-state index in [0.29, 0.717) is 37.4 Å². The number of aliphatic hydroxyl groups is 2. The summed E-state index contributed by atoms with van der Waals surface area (Å²) in [7, 11) is 11.3. The van der Waals surface area contributed by atoms with Gasteiger partial charge in [-0.3, -0.25) is 4.57 Å². The van der Waals surface area contributed by atoms with Gasteiger partial charge >= 0.3 is 7.60 Å². The molecule has 0 bridgehead atoms. The van der Waals surface area contributed by atoms with Gasteiger partial charge in [0.05, 0.1) is 77.3 Å². The normalized spacial score (nSPS) is 30.8. The minimum atomic E-state index is -3.24. The SMILES string of the molecule is CC1CC(C)C(CO)O1.[B]C1CC(OP(C)(=O)OCC2OC(C)CC2C)C(CO)O1.[B]C1CC(OP(C)C)C(COC(c2ccccc2)(c2ccc(OC)cc2)c2ccc(OC)cc2)O1. The number of benzene rings is 3. The van der Waals surface area contributed by atoms with Crippen molar-refractivity contribution in [1.82, 2.24) is 0 Å². The van der Waals surface area contributed by atoms with E-state index in [1.165, 1.54) is 6.66 Å². The summed E-state index contributed by atoms with van der Waals surface area (Å²) in [6.45, 7) is 14.4. The molecule has 2 N–H and O–H groups in total. The highest BCUT2D eigenvalue weighted by Crippen LogP contribution is 2.48. The molecule has 4 radical (unpaired) electrons. The van der Waals surface area contributed by atoms with E-state index in [1.807, 2.05) is 80.6 Å². The molecule has 4 fully saturated rings. The molecular weight excluding hydrogens is 868 g/mol. The molecule has 3 aromatic carbocycles. The Labute approximate surface area is 391 Å². The summed E-state index contributed by atoms with van der Waals surface area (Å²) in [5.74, 6) is 2.46. The van der Waals surface area contributed by atoms with Crippen LogP contribution in [0.1, 0.15) is 70.1 Å². The molecule has 4 saturated heterocycles. The van der Waals surface area contributed by atoms with Crippen LogP contribution in [0.3, 0.4) is 0 Å². The molecule has 356 valence electrons. The Morgan fingerprint density at radius 3 is 1.57 bits per heavy atom. The van der Waals surface area contributed by atoms with E-state index in [4.69, 9.17) is 67.5 Å². The van der Waals surface area contributed by atoms with Crippen LogP contribution < -0.4 is 9.47 Å². The van der Waals surface area contributed by atoms with E-state index in [0.717, 1.165) is 41.0 Å². The van der Waals surface area contributed by atoms with Crippen LogP contribution in [0.5, 0.6) is 11.5 Å². The maximum Gasteiger partial charge on any atom is 0.328 e. The molecule has 0 spiro atoms. The molecule has 7 rings (SSSR count). The highest BCUT2D eigenvalue weighted by Gasteiger charge is 2.42. The number of ether oxygens (including phenoxy) is 7. The first kappa shape index (κ1) is 53.6. The Morgan fingerprint density at radius 2 is 1.12 bits per heavy atom. The molecule has 0 aromatic heterocycles. The number of aliphatic hydroxyl groups excluding tert-OH is 2. The minimum Gasteiger partial charge on any atom is -0.497 e. The molecule has 13 unspecified atom stereocenters. The summed E-state index contributed by atoms with van der Waals surface area (Å²) in [6.07, 6.45) is 2.24. The topological polar surface area (TPSA) is 150 Å². The van der Waals surface area contributed by atoms with E-state index in [-0.39, 0.29) is 56.3 Å². The Kier molecular flexibility index (Phi) is 20.9. The third-order valence-electron chi connectivity index (χ3n) is 12.1. The van der Waals surface area contributed by atoms with Crippen molar-refractivity contribution in [2.45, 2.75) is 120 Å². The number of rotatable bonds is 17. The van der Waals surface area contributed by atoms with Gasteiger partial charge in [0, 0.05) is 26.8 Å². The first-order chi connectivity index (χ1) is 31.0. The lowest BCUT2D eigenvalue weighted by molar-refractivity contribution is -0.0687. The minimum absolute atomic E-state index is 0.0624. The maximum atomic E-state index is 12.4. The Morgan fingerprint density at radius 1 is 0.646 bits per heavy atom. The summed E-state index contributed by atoms with van der Waals surface area (Å²) in [5, 5.41) is 17.9. The van der Waals surface area contributed by atoms with Crippen molar-refractivity contribution in [3.8, 4) is 11.5 Å². The van der Waals surface area contributed by atoms with Crippen molar-refractivity contribution in [3.63, 3.8) is 0 Å². The van der Waals surface area contributed by atoms with E-state index in [2.05, 4.69) is 39.3 Å². The largest absolute Gasteiger partial charge is 0.497 e. The standard InChI is InChI=1S/C28H32BO5P.C13H24BO6P.C7H14O2/c1-30-23-14-10-21(11-15-23)28(20-8-6-5-7-9-20,22-12-16-24(31-2)17-13-22)32-19-26-25(34-35(3)4)18-27(29)33-26;1-8-4-9(2)18-12(8)7-17-21(3,16)20-10-5-13(14)19-11(10)6-15;1-5-3-6(2)9-7(5)4-8/h5-17,25-27H,18-19H2,1-4H3;8-13,15H,4-7H2,1-3H3;5-8H,3-4H2,1-2H3. The lowest BCUT2D eigenvalue weighted by Gasteiger charge is -2.37. The Balaban J connectivity index is 0.000000222. The fourth-order valence-electron chi connectivity index (χ4n) is 8.82. The summed E-state index contributed by atoms with van der Waals surface area (Å²) in [5.41, 5.74) is 2.05. The van der Waals surface area contributed by atoms with Crippen molar-refractivity contribution in [1.29, 1.82) is 0 Å². The van der Waals surface area contributed by atoms with Gasteiger partial charge in [-0.1, -0.05) is 68.4 Å². The quantitative estimate of drug-likeness (QED) is 0.0786. The summed E-state index contributed by atoms with van der Waals surface area (Å²) in [4.78, 5) is 0. The highest BCUT2D eigenvalue weighted by molar-refractivity contribution is 7.53. The van der Waals surface area contributed by atoms with Crippen LogP contribution in [0.25, 0.3) is 0 Å². The predicted molar refractivity (Wildman–Crippen MR) is 255 cm³/mol. The van der Waals surface area contributed by atoms with E-state index in [1.54, 1.807) is 14.2 Å². The van der Waals surface area contributed by atoms with Crippen molar-refractivity contribution in [3.05, 3.63) is 95.6 Å². The average Bonchev–Trinajstić information content (AvgIpc) is 4.03. The van der Waals surface area contributed by atoms with Gasteiger partial charge in [0.15, 0.2) is 0 Å². The third-order valence-corrected chi connectivity index (χ3v) is 14.1. The van der Waals surface area contributed by atoms with Gasteiger partial charge < -0.3 is 56.9 Å². The molecule has 0 amide bonds. The second-order valence-corrected chi connectivity index (χ2v) is 21.5. The smallest absolute Gasteiger partial charge is 0.328 e. The molecule has 13 nitrogen and oxygen atoms in total. The molecule has 0 aliphatic carbocycles. The molecule has 4 heterocycles. The summed E-state index contributed by atoms with van der Waals surface area (Å²) >= 11 is 0. The molecule has 17 heteroatoms. The molecule has 4 aliphatic heterocycles. The van der Waals surface area contributed by atoms with E-state index in [9.17, 15) is 9.67 Å². The lowest BCUT2D eigenvalue weighted by atomic mass is 9.80. The number of methoxy groups -OCH3 is 2. The zero-order valence-corrected chi connectivity index (χ0v) is 41.3. The van der Waals surface area contributed by atoms with Crippen molar-refractivity contribution >= 4 is 31.4 Å². The van der Waals surface area contributed by atoms with Gasteiger partial charge in [-0.15, -0.1) is 0 Å². The Hall–Kier alpha value is -2.35. The maximum absolute atomic E-state index is 12.4. The first-order valence-corrected chi connectivity index (χ1v) is 26.7. The van der Waals surface area contributed by atoms with Gasteiger partial charge in [-0.05, 0) is 106 Å². The van der Waals surface area contributed by atoms with Crippen molar-refractivity contribution in [2.24, 2.45) is 11.8 Å². The monoisotopic (exact) mass is 938 g/mol. The van der Waals surface area contributed by atoms with Gasteiger partial charge in [-0.2, -0.15) is 0 Å².